The molecule has 13 heavy (non-hydrogen) atoms. The Morgan fingerprint density at radius 2 is 2.31 bits per heavy atom. The normalized spacial score (nSPS) is 15.7. The summed E-state index contributed by atoms with van der Waals surface area (Å²) in [5, 5.41) is 0. The van der Waals surface area contributed by atoms with Crippen LogP contribution in [0.1, 0.15) is 35.1 Å². The van der Waals surface area contributed by atoms with Crippen molar-refractivity contribution in [3.05, 3.63) is 27.9 Å². The van der Waals surface area contributed by atoms with E-state index in [0.29, 0.717) is 11.7 Å². The molecule has 0 unspecified atom stereocenters. The van der Waals surface area contributed by atoms with Crippen molar-refractivity contribution in [1.29, 1.82) is 0 Å². The minimum Gasteiger partial charge on any atom is -0.364 e. The molecule has 5 heteroatoms. The van der Waals surface area contributed by atoms with Crippen molar-refractivity contribution in [1.82, 2.24) is 9.97 Å². The molecule has 1 aliphatic carbocycles. The number of primary amides is 1. The third kappa shape index (κ3) is 1.58. The fourth-order valence-electron chi connectivity index (χ4n) is 1.15. The van der Waals surface area contributed by atoms with Gasteiger partial charge in [0.15, 0.2) is 0 Å². The van der Waals surface area contributed by atoms with Crippen LogP contribution in [0, 0.1) is 0 Å². The minimum absolute atomic E-state index is 0.0469. The van der Waals surface area contributed by atoms with Crippen molar-refractivity contribution in [3.8, 4) is 0 Å². The first-order valence-corrected chi connectivity index (χ1v) is 4.08. The lowest BCUT2D eigenvalue weighted by atomic mass is 10.3. The smallest absolute Gasteiger partial charge is 0.267 e. The molecule has 1 aromatic heterocycles. The van der Waals surface area contributed by atoms with Crippen LogP contribution >= 0.6 is 0 Å². The second-order valence-corrected chi connectivity index (χ2v) is 3.15. The molecular weight excluding hydrogens is 170 g/mol. The number of nitrogens with two attached hydrogens (primary N) is 1. The van der Waals surface area contributed by atoms with Crippen LogP contribution in [0.2, 0.25) is 0 Å². The monoisotopic (exact) mass is 179 g/mol. The molecule has 1 fully saturated rings. The number of rotatable bonds is 2. The Bertz CT molecular complexity index is 406. The number of nitrogens with zero attached hydrogens (tertiary/aromatic N) is 1. The molecule has 1 saturated carbocycles. The molecule has 0 bridgehead atoms. The fourth-order valence-corrected chi connectivity index (χ4v) is 1.15. The lowest BCUT2D eigenvalue weighted by Crippen LogP contribution is -2.20. The Balaban J connectivity index is 2.47. The van der Waals surface area contributed by atoms with Crippen molar-refractivity contribution in [2.75, 3.05) is 0 Å². The third-order valence-electron chi connectivity index (χ3n) is 1.98. The standard InChI is InChI=1S/C8H9N3O2/c9-7(13)5-3-6(12)11-8(10-5)4-1-2-4/h3-4H,1-2H2,(H2,9,13)(H,10,11,12). The van der Waals surface area contributed by atoms with Gasteiger partial charge in [-0.1, -0.05) is 0 Å². The van der Waals surface area contributed by atoms with Crippen LogP contribution in [0.4, 0.5) is 0 Å². The Hall–Kier alpha value is -1.65. The number of carbonyl (C=O) groups excluding carboxylic acids is 1. The van der Waals surface area contributed by atoms with Gasteiger partial charge in [-0.25, -0.2) is 4.98 Å². The summed E-state index contributed by atoms with van der Waals surface area (Å²) in [6.07, 6.45) is 2.04. The van der Waals surface area contributed by atoms with Gasteiger partial charge in [-0.05, 0) is 12.8 Å². The summed E-state index contributed by atoms with van der Waals surface area (Å²) in [5.74, 6) is 0.237. The van der Waals surface area contributed by atoms with Gasteiger partial charge < -0.3 is 10.7 Å². The van der Waals surface area contributed by atoms with Gasteiger partial charge in [0.1, 0.15) is 11.5 Å². The summed E-state index contributed by atoms with van der Waals surface area (Å²) in [5.41, 5.74) is 4.75. The largest absolute Gasteiger partial charge is 0.364 e. The number of aromatic nitrogens is 2. The molecule has 2 rings (SSSR count). The van der Waals surface area contributed by atoms with Gasteiger partial charge in [0.25, 0.3) is 11.5 Å². The molecule has 0 atom stereocenters. The fraction of sp³-hybridized carbons (Fsp3) is 0.375. The van der Waals surface area contributed by atoms with E-state index >= 15 is 0 Å². The highest BCUT2D eigenvalue weighted by Crippen LogP contribution is 2.37. The van der Waals surface area contributed by atoms with Gasteiger partial charge >= 0.3 is 0 Å². The molecule has 0 saturated heterocycles. The van der Waals surface area contributed by atoms with E-state index in [2.05, 4.69) is 9.97 Å². The Morgan fingerprint density at radius 1 is 1.62 bits per heavy atom. The molecule has 68 valence electrons. The molecule has 1 aliphatic rings. The second kappa shape index (κ2) is 2.69. The number of aromatic amines is 1. The molecule has 0 aromatic carbocycles. The van der Waals surface area contributed by atoms with Crippen LogP contribution in [-0.4, -0.2) is 15.9 Å². The van der Waals surface area contributed by atoms with Crippen LogP contribution in [0.3, 0.4) is 0 Å². The zero-order valence-corrected chi connectivity index (χ0v) is 6.91. The Kier molecular flexibility index (Phi) is 1.65. The zero-order chi connectivity index (χ0) is 9.42. The van der Waals surface area contributed by atoms with Crippen LogP contribution < -0.4 is 11.3 Å². The van der Waals surface area contributed by atoms with Crippen molar-refractivity contribution >= 4 is 5.91 Å². The quantitative estimate of drug-likeness (QED) is 0.655. The average Bonchev–Trinajstić information content (AvgIpc) is 2.85. The molecule has 0 aliphatic heterocycles. The number of hydrogen-bond donors (Lipinski definition) is 2. The Morgan fingerprint density at radius 3 is 2.85 bits per heavy atom. The molecule has 5 nitrogen and oxygen atoms in total. The number of amides is 1. The maximum absolute atomic E-state index is 11.0. The maximum atomic E-state index is 11.0. The summed E-state index contributed by atoms with van der Waals surface area (Å²) in [4.78, 5) is 28.4. The van der Waals surface area contributed by atoms with Crippen LogP contribution in [0.5, 0.6) is 0 Å². The summed E-state index contributed by atoms with van der Waals surface area (Å²) in [7, 11) is 0. The van der Waals surface area contributed by atoms with Gasteiger partial charge in [0, 0.05) is 12.0 Å². The van der Waals surface area contributed by atoms with Crippen molar-refractivity contribution in [3.63, 3.8) is 0 Å². The van der Waals surface area contributed by atoms with E-state index < -0.39 is 5.91 Å². The van der Waals surface area contributed by atoms with E-state index in [9.17, 15) is 9.59 Å². The molecule has 1 heterocycles. The molecule has 3 N–H and O–H groups in total. The van der Waals surface area contributed by atoms with Gasteiger partial charge in [-0.15, -0.1) is 0 Å². The number of nitrogens with one attached hydrogen (secondary N) is 1. The molecule has 1 aromatic rings. The van der Waals surface area contributed by atoms with E-state index in [-0.39, 0.29) is 11.3 Å². The van der Waals surface area contributed by atoms with E-state index in [4.69, 9.17) is 5.73 Å². The van der Waals surface area contributed by atoms with Crippen molar-refractivity contribution < 1.29 is 4.79 Å². The van der Waals surface area contributed by atoms with Crippen molar-refractivity contribution in [2.24, 2.45) is 5.73 Å². The van der Waals surface area contributed by atoms with Crippen LogP contribution in [0.15, 0.2) is 10.9 Å². The van der Waals surface area contributed by atoms with Crippen molar-refractivity contribution in [2.45, 2.75) is 18.8 Å². The second-order valence-electron chi connectivity index (χ2n) is 3.15. The van der Waals surface area contributed by atoms with E-state index in [0.717, 1.165) is 18.9 Å². The Labute approximate surface area is 74.0 Å². The minimum atomic E-state index is -0.659. The predicted molar refractivity (Wildman–Crippen MR) is 45.4 cm³/mol. The van der Waals surface area contributed by atoms with Gasteiger partial charge in [0.2, 0.25) is 0 Å². The molecular formula is C8H9N3O2. The lowest BCUT2D eigenvalue weighted by Gasteiger charge is -1.98. The average molecular weight is 179 g/mol. The highest BCUT2D eigenvalue weighted by atomic mass is 16.1. The van der Waals surface area contributed by atoms with E-state index in [1.165, 1.54) is 0 Å². The van der Waals surface area contributed by atoms with Crippen LogP contribution in [0.25, 0.3) is 0 Å². The SMILES string of the molecule is NC(=O)c1cc(=O)[nH]c(C2CC2)n1. The van der Waals surface area contributed by atoms with Crippen LogP contribution in [-0.2, 0) is 0 Å². The number of H-pyrrole nitrogens is 1. The molecule has 0 spiro atoms. The lowest BCUT2D eigenvalue weighted by molar-refractivity contribution is 0.0995. The molecule has 0 radical (unpaired) electrons. The highest BCUT2D eigenvalue weighted by molar-refractivity contribution is 5.90. The highest BCUT2D eigenvalue weighted by Gasteiger charge is 2.26. The summed E-state index contributed by atoms with van der Waals surface area (Å²) >= 11 is 0. The summed E-state index contributed by atoms with van der Waals surface area (Å²) in [6.45, 7) is 0. The first-order valence-electron chi connectivity index (χ1n) is 4.08. The number of carbonyl (C=O) groups is 1. The first-order chi connectivity index (χ1) is 6.16. The maximum Gasteiger partial charge on any atom is 0.267 e. The van der Waals surface area contributed by atoms with Gasteiger partial charge in [-0.2, -0.15) is 0 Å². The van der Waals surface area contributed by atoms with Gasteiger partial charge in [-0.3, -0.25) is 9.59 Å². The zero-order valence-electron chi connectivity index (χ0n) is 6.91. The molecule has 1 amide bonds. The van der Waals surface area contributed by atoms with E-state index in [1.54, 1.807) is 0 Å². The predicted octanol–water partition coefficient (Wildman–Crippen LogP) is -0.254. The van der Waals surface area contributed by atoms with E-state index in [1.807, 2.05) is 0 Å². The summed E-state index contributed by atoms with van der Waals surface area (Å²) in [6, 6.07) is 1.12. The van der Waals surface area contributed by atoms with Gasteiger partial charge in [0.05, 0.1) is 0 Å². The number of hydrogen-bond acceptors (Lipinski definition) is 3. The summed E-state index contributed by atoms with van der Waals surface area (Å²) < 4.78 is 0. The first kappa shape index (κ1) is 7.97. The topological polar surface area (TPSA) is 88.8 Å². The third-order valence-corrected chi connectivity index (χ3v) is 1.98.